The molecule has 0 aliphatic heterocycles. The lowest BCUT2D eigenvalue weighted by Crippen LogP contribution is -2.01. The van der Waals surface area contributed by atoms with Crippen molar-refractivity contribution >= 4 is 48.7 Å². The Morgan fingerprint density at radius 3 is 2.74 bits per heavy atom. The Kier molecular flexibility index (Phi) is 3.24. The van der Waals surface area contributed by atoms with Gasteiger partial charge >= 0.3 is 0 Å². The number of aromatic amines is 1. The number of nitrogens with one attached hydrogen (secondary N) is 1. The van der Waals surface area contributed by atoms with Gasteiger partial charge in [-0.05, 0) is 34.1 Å². The van der Waals surface area contributed by atoms with Gasteiger partial charge in [-0.25, -0.2) is 4.98 Å². The van der Waals surface area contributed by atoms with Crippen molar-refractivity contribution in [3.63, 3.8) is 0 Å². The van der Waals surface area contributed by atoms with Crippen molar-refractivity contribution in [2.75, 3.05) is 0 Å². The molecule has 0 spiro atoms. The van der Waals surface area contributed by atoms with E-state index in [1.165, 1.54) is 0 Å². The first-order valence-corrected chi connectivity index (χ1v) is 7.17. The first-order chi connectivity index (χ1) is 9.16. The summed E-state index contributed by atoms with van der Waals surface area (Å²) >= 11 is 6.78. The van der Waals surface area contributed by atoms with E-state index in [4.69, 9.17) is 0 Å². The van der Waals surface area contributed by atoms with E-state index in [0.717, 1.165) is 14.3 Å². The average Bonchev–Trinajstić information content (AvgIpc) is 2.81. The summed E-state index contributed by atoms with van der Waals surface area (Å²) in [4.78, 5) is 19.8. The summed E-state index contributed by atoms with van der Waals surface area (Å²) in [6.45, 7) is 0. The molecule has 1 aromatic carbocycles. The minimum atomic E-state index is -0.0291. The summed E-state index contributed by atoms with van der Waals surface area (Å²) in [6.07, 6.45) is 3.40. The normalized spacial score (nSPS) is 10.8. The van der Waals surface area contributed by atoms with Crippen LogP contribution in [-0.2, 0) is 0 Å². The zero-order chi connectivity index (χ0) is 13.4. The molecule has 5 heteroatoms. The van der Waals surface area contributed by atoms with Crippen LogP contribution in [0.3, 0.4) is 0 Å². The molecule has 0 saturated heterocycles. The number of carbonyl (C=O) groups excluding carboxylic acids is 1. The molecule has 19 heavy (non-hydrogen) atoms. The predicted molar refractivity (Wildman–Crippen MR) is 81.4 cm³/mol. The first-order valence-electron chi connectivity index (χ1n) is 5.58. The number of fused-ring (bicyclic) bond motifs is 1. The molecule has 1 N–H and O–H groups in total. The second-order valence-corrected chi connectivity index (χ2v) is 5.83. The van der Waals surface area contributed by atoms with Gasteiger partial charge < -0.3 is 4.98 Å². The van der Waals surface area contributed by atoms with Gasteiger partial charge in [0.2, 0.25) is 0 Å². The van der Waals surface area contributed by atoms with Crippen molar-refractivity contribution in [1.29, 1.82) is 0 Å². The first kappa shape index (κ1) is 12.6. The van der Waals surface area contributed by atoms with Crippen molar-refractivity contribution in [2.24, 2.45) is 0 Å². The molecule has 0 aliphatic carbocycles. The van der Waals surface area contributed by atoms with Gasteiger partial charge in [0.1, 0.15) is 5.65 Å². The lowest BCUT2D eigenvalue weighted by Gasteiger charge is -2.02. The fourth-order valence-corrected chi connectivity index (χ4v) is 2.75. The topological polar surface area (TPSA) is 45.8 Å². The standard InChI is InChI=1S/C14H8Br2N2O/c15-8-5-10-11(7-18-14(10)17-6-8)13(19)9-3-1-2-4-12(9)16/h1-7H,(H,17,18). The molecular formula is C14H8Br2N2O. The molecule has 0 bridgehead atoms. The number of carbonyl (C=O) groups is 1. The SMILES string of the molecule is O=C(c1ccccc1Br)c1c[nH]c2ncc(Br)cc12. The van der Waals surface area contributed by atoms with E-state index < -0.39 is 0 Å². The smallest absolute Gasteiger partial charge is 0.196 e. The van der Waals surface area contributed by atoms with Gasteiger partial charge in [0.05, 0.1) is 0 Å². The molecule has 2 aromatic heterocycles. The number of nitrogens with zero attached hydrogens (tertiary/aromatic N) is 1. The van der Waals surface area contributed by atoms with Crippen LogP contribution in [0.1, 0.15) is 15.9 Å². The zero-order valence-electron chi connectivity index (χ0n) is 9.65. The van der Waals surface area contributed by atoms with Gasteiger partial charge in [-0.1, -0.05) is 28.1 Å². The molecule has 94 valence electrons. The third-order valence-electron chi connectivity index (χ3n) is 2.86. The van der Waals surface area contributed by atoms with Gasteiger partial charge in [0.15, 0.2) is 5.78 Å². The number of rotatable bonds is 2. The third kappa shape index (κ3) is 2.24. The largest absolute Gasteiger partial charge is 0.345 e. The Balaban J connectivity index is 2.17. The van der Waals surface area contributed by atoms with Gasteiger partial charge in [0.25, 0.3) is 0 Å². The van der Waals surface area contributed by atoms with E-state index in [-0.39, 0.29) is 5.78 Å². The summed E-state index contributed by atoms with van der Waals surface area (Å²) in [5.41, 5.74) is 1.97. The van der Waals surface area contributed by atoms with Crippen LogP contribution in [-0.4, -0.2) is 15.8 Å². The van der Waals surface area contributed by atoms with Gasteiger partial charge in [-0.15, -0.1) is 0 Å². The maximum absolute atomic E-state index is 12.6. The van der Waals surface area contributed by atoms with Crippen LogP contribution >= 0.6 is 31.9 Å². The number of ketones is 1. The Hall–Kier alpha value is -1.46. The van der Waals surface area contributed by atoms with E-state index >= 15 is 0 Å². The summed E-state index contributed by atoms with van der Waals surface area (Å²) in [5.74, 6) is -0.0291. The molecule has 2 heterocycles. The second-order valence-electron chi connectivity index (χ2n) is 4.06. The number of H-pyrrole nitrogens is 1. The Bertz CT molecular complexity index is 780. The molecule has 0 fully saturated rings. The highest BCUT2D eigenvalue weighted by atomic mass is 79.9. The van der Waals surface area contributed by atoms with E-state index in [9.17, 15) is 4.79 Å². The van der Waals surface area contributed by atoms with Crippen LogP contribution in [0.15, 0.2) is 51.7 Å². The van der Waals surface area contributed by atoms with Crippen molar-refractivity contribution < 1.29 is 4.79 Å². The van der Waals surface area contributed by atoms with Crippen molar-refractivity contribution in [2.45, 2.75) is 0 Å². The van der Waals surface area contributed by atoms with Crippen LogP contribution in [0.2, 0.25) is 0 Å². The van der Waals surface area contributed by atoms with Gasteiger partial charge in [-0.2, -0.15) is 0 Å². The number of halogens is 2. The van der Waals surface area contributed by atoms with Crippen LogP contribution in [0.25, 0.3) is 11.0 Å². The Labute approximate surface area is 126 Å². The molecule has 0 radical (unpaired) electrons. The molecular weight excluding hydrogens is 372 g/mol. The summed E-state index contributed by atoms with van der Waals surface area (Å²) in [5, 5.41) is 0.815. The highest BCUT2D eigenvalue weighted by Crippen LogP contribution is 2.25. The van der Waals surface area contributed by atoms with Crippen LogP contribution < -0.4 is 0 Å². The van der Waals surface area contributed by atoms with Crippen LogP contribution in [0.4, 0.5) is 0 Å². The lowest BCUT2D eigenvalue weighted by molar-refractivity contribution is 0.103. The quantitative estimate of drug-likeness (QED) is 0.674. The van der Waals surface area contributed by atoms with Gasteiger partial charge in [0, 0.05) is 37.9 Å². The molecule has 0 unspecified atom stereocenters. The van der Waals surface area contributed by atoms with E-state index in [0.29, 0.717) is 16.8 Å². The predicted octanol–water partition coefficient (Wildman–Crippen LogP) is 4.32. The van der Waals surface area contributed by atoms with E-state index in [1.807, 2.05) is 24.3 Å². The fourth-order valence-electron chi connectivity index (χ4n) is 1.96. The molecule has 0 atom stereocenters. The van der Waals surface area contributed by atoms with Gasteiger partial charge in [-0.3, -0.25) is 4.79 Å². The molecule has 3 rings (SSSR count). The number of aromatic nitrogens is 2. The second kappa shape index (κ2) is 4.90. The molecule has 3 aromatic rings. The Morgan fingerprint density at radius 1 is 1.16 bits per heavy atom. The number of pyridine rings is 1. The fraction of sp³-hybridized carbons (Fsp3) is 0. The van der Waals surface area contributed by atoms with Crippen LogP contribution in [0.5, 0.6) is 0 Å². The minimum Gasteiger partial charge on any atom is -0.345 e. The zero-order valence-corrected chi connectivity index (χ0v) is 12.8. The monoisotopic (exact) mass is 378 g/mol. The summed E-state index contributed by atoms with van der Waals surface area (Å²) in [6, 6.07) is 9.28. The number of benzene rings is 1. The molecule has 0 saturated carbocycles. The molecule has 3 nitrogen and oxygen atoms in total. The Morgan fingerprint density at radius 2 is 1.95 bits per heavy atom. The van der Waals surface area contributed by atoms with E-state index in [1.54, 1.807) is 18.5 Å². The number of hydrogen-bond donors (Lipinski definition) is 1. The van der Waals surface area contributed by atoms with E-state index in [2.05, 4.69) is 41.8 Å². The molecule has 0 amide bonds. The third-order valence-corrected chi connectivity index (χ3v) is 3.99. The number of hydrogen-bond acceptors (Lipinski definition) is 2. The highest BCUT2D eigenvalue weighted by molar-refractivity contribution is 9.10. The lowest BCUT2D eigenvalue weighted by atomic mass is 10.0. The summed E-state index contributed by atoms with van der Waals surface area (Å²) in [7, 11) is 0. The summed E-state index contributed by atoms with van der Waals surface area (Å²) < 4.78 is 1.64. The van der Waals surface area contributed by atoms with Crippen LogP contribution in [0, 0.1) is 0 Å². The maximum Gasteiger partial charge on any atom is 0.196 e. The van der Waals surface area contributed by atoms with Crippen molar-refractivity contribution in [3.8, 4) is 0 Å². The van der Waals surface area contributed by atoms with Crippen molar-refractivity contribution in [3.05, 3.63) is 62.8 Å². The average molecular weight is 380 g/mol. The maximum atomic E-state index is 12.6. The highest BCUT2D eigenvalue weighted by Gasteiger charge is 2.16. The van der Waals surface area contributed by atoms with Crippen molar-refractivity contribution in [1.82, 2.24) is 9.97 Å². The molecule has 0 aliphatic rings. The minimum absolute atomic E-state index is 0.0291.